The average Bonchev–Trinajstić information content (AvgIpc) is 3.06. The Labute approximate surface area is 129 Å². The van der Waals surface area contributed by atoms with Gasteiger partial charge in [-0.1, -0.05) is 0 Å². The van der Waals surface area contributed by atoms with E-state index in [1.165, 1.54) is 50.8 Å². The van der Waals surface area contributed by atoms with Crippen molar-refractivity contribution in [2.75, 3.05) is 0 Å². The Kier molecular flexibility index (Phi) is 2.14. The SMILES string of the molecule is Cc1cc2c(s1)-c1cc3sc4cc(C)sc4c3cc1C2. The van der Waals surface area contributed by atoms with Gasteiger partial charge in [-0.05, 0) is 61.2 Å². The number of fused-ring (bicyclic) bond motifs is 6. The van der Waals surface area contributed by atoms with Crippen molar-refractivity contribution < 1.29 is 0 Å². The molecule has 1 aromatic carbocycles. The molecular formula is C17H12S3. The number of rotatable bonds is 0. The molecule has 1 aliphatic carbocycles. The highest BCUT2D eigenvalue weighted by molar-refractivity contribution is 7.32. The maximum Gasteiger partial charge on any atom is 0.0532 e. The lowest BCUT2D eigenvalue weighted by atomic mass is 10.1. The molecule has 0 saturated carbocycles. The second-order valence-electron chi connectivity index (χ2n) is 5.55. The summed E-state index contributed by atoms with van der Waals surface area (Å²) in [4.78, 5) is 4.36. The number of aryl methyl sites for hydroxylation is 2. The highest BCUT2D eigenvalue weighted by Gasteiger charge is 2.22. The third-order valence-corrected chi connectivity index (χ3v) is 7.49. The molecule has 0 atom stereocenters. The van der Waals surface area contributed by atoms with Gasteiger partial charge in [-0.3, -0.25) is 0 Å². The molecule has 3 aromatic heterocycles. The molecule has 0 amide bonds. The van der Waals surface area contributed by atoms with E-state index < -0.39 is 0 Å². The van der Waals surface area contributed by atoms with Crippen molar-refractivity contribution in [1.29, 1.82) is 0 Å². The molecule has 0 nitrogen and oxygen atoms in total. The minimum absolute atomic E-state index is 1.12. The first-order valence-electron chi connectivity index (χ1n) is 6.74. The van der Waals surface area contributed by atoms with Gasteiger partial charge in [0, 0.05) is 29.4 Å². The molecule has 98 valence electrons. The van der Waals surface area contributed by atoms with Crippen LogP contribution in [0.2, 0.25) is 0 Å². The van der Waals surface area contributed by atoms with Crippen molar-refractivity contribution in [1.82, 2.24) is 0 Å². The van der Waals surface area contributed by atoms with E-state index in [1.807, 2.05) is 34.0 Å². The molecule has 4 aromatic rings. The molecular weight excluding hydrogens is 300 g/mol. The van der Waals surface area contributed by atoms with Crippen LogP contribution in [0.25, 0.3) is 29.9 Å². The third kappa shape index (κ3) is 1.40. The molecule has 0 spiro atoms. The summed E-state index contributed by atoms with van der Waals surface area (Å²) >= 11 is 5.83. The van der Waals surface area contributed by atoms with E-state index in [2.05, 4.69) is 38.1 Å². The summed E-state index contributed by atoms with van der Waals surface area (Å²) in [6.45, 7) is 4.42. The zero-order valence-electron chi connectivity index (χ0n) is 11.2. The molecule has 0 saturated heterocycles. The van der Waals surface area contributed by atoms with E-state index in [9.17, 15) is 0 Å². The first kappa shape index (κ1) is 11.5. The maximum atomic E-state index is 2.45. The third-order valence-electron chi connectivity index (χ3n) is 4.05. The van der Waals surface area contributed by atoms with Gasteiger partial charge in [0.05, 0.1) is 4.70 Å². The fourth-order valence-electron chi connectivity index (χ4n) is 3.25. The normalized spacial score (nSPS) is 13.3. The van der Waals surface area contributed by atoms with Crippen LogP contribution in [-0.2, 0) is 6.42 Å². The zero-order valence-corrected chi connectivity index (χ0v) is 13.7. The lowest BCUT2D eigenvalue weighted by Crippen LogP contribution is -1.79. The highest BCUT2D eigenvalue weighted by Crippen LogP contribution is 2.47. The van der Waals surface area contributed by atoms with E-state index in [0.29, 0.717) is 0 Å². The Morgan fingerprint density at radius 1 is 0.800 bits per heavy atom. The van der Waals surface area contributed by atoms with Crippen LogP contribution in [0.15, 0.2) is 24.3 Å². The Bertz CT molecular complexity index is 994. The topological polar surface area (TPSA) is 0 Å². The molecule has 0 bridgehead atoms. The summed E-state index contributed by atoms with van der Waals surface area (Å²) in [5.41, 5.74) is 4.53. The predicted octanol–water partition coefficient (Wildman–Crippen LogP) is 6.37. The molecule has 0 fully saturated rings. The van der Waals surface area contributed by atoms with Gasteiger partial charge in [0.25, 0.3) is 0 Å². The van der Waals surface area contributed by atoms with Crippen LogP contribution < -0.4 is 0 Å². The Balaban J connectivity index is 1.86. The first-order valence-corrected chi connectivity index (χ1v) is 9.19. The zero-order chi connectivity index (χ0) is 13.4. The molecule has 5 rings (SSSR count). The Morgan fingerprint density at radius 2 is 1.65 bits per heavy atom. The van der Waals surface area contributed by atoms with Gasteiger partial charge >= 0.3 is 0 Å². The standard InChI is InChI=1S/C17H12S3/c1-8-3-11-5-10-6-13-14(7-12(10)16(11)18-8)20-15-4-9(2)19-17(13)15/h3-4,6-7H,5H2,1-2H3. The van der Waals surface area contributed by atoms with Crippen LogP contribution in [-0.4, -0.2) is 0 Å². The summed E-state index contributed by atoms with van der Waals surface area (Å²) in [5, 5.41) is 1.47. The van der Waals surface area contributed by atoms with Crippen LogP contribution in [0, 0.1) is 13.8 Å². The molecule has 0 N–H and O–H groups in total. The van der Waals surface area contributed by atoms with Crippen LogP contribution in [0.1, 0.15) is 20.9 Å². The molecule has 3 heterocycles. The molecule has 0 aliphatic heterocycles. The van der Waals surface area contributed by atoms with Gasteiger partial charge in [0.15, 0.2) is 0 Å². The molecule has 20 heavy (non-hydrogen) atoms. The van der Waals surface area contributed by atoms with Crippen molar-refractivity contribution >= 4 is 53.5 Å². The smallest absolute Gasteiger partial charge is 0.0532 e. The van der Waals surface area contributed by atoms with Gasteiger partial charge < -0.3 is 0 Å². The van der Waals surface area contributed by atoms with Gasteiger partial charge in [0.1, 0.15) is 0 Å². The van der Waals surface area contributed by atoms with E-state index in [1.54, 1.807) is 0 Å². The van der Waals surface area contributed by atoms with Gasteiger partial charge in [0.2, 0.25) is 0 Å². The number of benzene rings is 1. The summed E-state index contributed by atoms with van der Waals surface area (Å²) in [6, 6.07) is 9.57. The second kappa shape index (κ2) is 3.73. The van der Waals surface area contributed by atoms with Crippen LogP contribution in [0.4, 0.5) is 0 Å². The average molecular weight is 312 g/mol. The van der Waals surface area contributed by atoms with Gasteiger partial charge in [-0.15, -0.1) is 34.0 Å². The van der Waals surface area contributed by atoms with Crippen LogP contribution in [0.5, 0.6) is 0 Å². The minimum Gasteiger partial charge on any atom is -0.140 e. The molecule has 1 aliphatic rings. The van der Waals surface area contributed by atoms with Gasteiger partial charge in [-0.25, -0.2) is 0 Å². The summed E-state index contributed by atoms with van der Waals surface area (Å²) in [7, 11) is 0. The predicted molar refractivity (Wildman–Crippen MR) is 92.8 cm³/mol. The lowest BCUT2D eigenvalue weighted by Gasteiger charge is -2.00. The van der Waals surface area contributed by atoms with Crippen molar-refractivity contribution in [3.63, 3.8) is 0 Å². The first-order chi connectivity index (χ1) is 9.69. The highest BCUT2D eigenvalue weighted by atomic mass is 32.1. The van der Waals surface area contributed by atoms with Crippen LogP contribution >= 0.6 is 34.0 Å². The van der Waals surface area contributed by atoms with E-state index in [-0.39, 0.29) is 0 Å². The van der Waals surface area contributed by atoms with Crippen molar-refractivity contribution in [3.05, 3.63) is 45.1 Å². The monoisotopic (exact) mass is 312 g/mol. The lowest BCUT2D eigenvalue weighted by molar-refractivity contribution is 1.27. The second-order valence-corrected chi connectivity index (χ2v) is 9.14. The number of hydrogen-bond acceptors (Lipinski definition) is 3. The van der Waals surface area contributed by atoms with E-state index >= 15 is 0 Å². The number of hydrogen-bond donors (Lipinski definition) is 0. The van der Waals surface area contributed by atoms with Gasteiger partial charge in [-0.2, -0.15) is 0 Å². The largest absolute Gasteiger partial charge is 0.140 e. The van der Waals surface area contributed by atoms with Crippen molar-refractivity contribution in [3.8, 4) is 10.4 Å². The quantitative estimate of drug-likeness (QED) is 0.312. The Hall–Kier alpha value is -1.16. The summed E-state index contributed by atoms with van der Waals surface area (Å²) in [5.74, 6) is 0. The van der Waals surface area contributed by atoms with Crippen LogP contribution in [0.3, 0.4) is 0 Å². The van der Waals surface area contributed by atoms with Crippen molar-refractivity contribution in [2.24, 2.45) is 0 Å². The fraction of sp³-hybridized carbons (Fsp3) is 0.176. The molecule has 3 heteroatoms. The van der Waals surface area contributed by atoms with E-state index in [0.717, 1.165) is 6.42 Å². The Morgan fingerprint density at radius 3 is 2.55 bits per heavy atom. The number of thiophene rings is 3. The minimum atomic E-state index is 1.12. The molecule has 0 unspecified atom stereocenters. The fourth-order valence-corrected chi connectivity index (χ4v) is 6.78. The van der Waals surface area contributed by atoms with Crippen molar-refractivity contribution in [2.45, 2.75) is 20.3 Å². The summed E-state index contributed by atoms with van der Waals surface area (Å²) < 4.78 is 4.38. The maximum absolute atomic E-state index is 2.45. The van der Waals surface area contributed by atoms with E-state index in [4.69, 9.17) is 0 Å². The summed E-state index contributed by atoms with van der Waals surface area (Å²) in [6.07, 6.45) is 1.12. The molecule has 0 radical (unpaired) electrons.